The number of hydrogen-bond acceptors (Lipinski definition) is 6. The molecule has 3 aromatic rings. The molecule has 0 spiro atoms. The summed E-state index contributed by atoms with van der Waals surface area (Å²) in [6.07, 6.45) is 3.51. The van der Waals surface area contributed by atoms with Crippen molar-refractivity contribution in [2.75, 3.05) is 54.4 Å². The predicted molar refractivity (Wildman–Crippen MR) is 139 cm³/mol. The van der Waals surface area contributed by atoms with Crippen molar-refractivity contribution >= 4 is 40.0 Å². The average molecular weight is 473 g/mol. The first-order valence-corrected chi connectivity index (χ1v) is 12.4. The Morgan fingerprint density at radius 3 is 2.34 bits per heavy atom. The standard InChI is InChI=1S/C27H32N6O2/c1-19-17-26(30-24-7-6-22(18-23(19)24)29-20(2)34)31-11-8-21(9-12-31)27(35)33-15-13-32(14-16-33)25-5-3-4-10-28-25/h3-7,10,17-18,21H,8-9,11-16H2,1-2H3,(H,29,34). The van der Waals surface area contributed by atoms with Gasteiger partial charge < -0.3 is 20.0 Å². The van der Waals surface area contributed by atoms with E-state index in [1.807, 2.05) is 47.5 Å². The summed E-state index contributed by atoms with van der Waals surface area (Å²) < 4.78 is 0. The molecule has 0 atom stereocenters. The van der Waals surface area contributed by atoms with Crippen LogP contribution in [0.2, 0.25) is 0 Å². The summed E-state index contributed by atoms with van der Waals surface area (Å²) in [6.45, 7) is 8.39. The van der Waals surface area contributed by atoms with Crippen LogP contribution in [0.15, 0.2) is 48.7 Å². The molecule has 0 bridgehead atoms. The van der Waals surface area contributed by atoms with E-state index in [0.29, 0.717) is 5.91 Å². The third kappa shape index (κ3) is 5.06. The number of aromatic nitrogens is 2. The molecule has 0 aliphatic carbocycles. The molecule has 1 aromatic carbocycles. The highest BCUT2D eigenvalue weighted by molar-refractivity contribution is 5.93. The van der Waals surface area contributed by atoms with Gasteiger partial charge in [0.15, 0.2) is 0 Å². The predicted octanol–water partition coefficient (Wildman–Crippen LogP) is 3.46. The van der Waals surface area contributed by atoms with Crippen molar-refractivity contribution in [3.05, 3.63) is 54.2 Å². The zero-order valence-corrected chi connectivity index (χ0v) is 20.4. The molecule has 8 heteroatoms. The minimum Gasteiger partial charge on any atom is -0.357 e. The normalized spacial score (nSPS) is 17.0. The van der Waals surface area contributed by atoms with Gasteiger partial charge in [-0.15, -0.1) is 0 Å². The van der Waals surface area contributed by atoms with Crippen LogP contribution in [0.3, 0.4) is 0 Å². The molecule has 2 amide bonds. The van der Waals surface area contributed by atoms with Crippen molar-refractivity contribution in [1.29, 1.82) is 0 Å². The lowest BCUT2D eigenvalue weighted by Crippen LogP contribution is -2.52. The Morgan fingerprint density at radius 2 is 1.66 bits per heavy atom. The lowest BCUT2D eigenvalue weighted by molar-refractivity contribution is -0.136. The number of amides is 2. The molecule has 1 N–H and O–H groups in total. The van der Waals surface area contributed by atoms with Gasteiger partial charge in [-0.2, -0.15) is 0 Å². The van der Waals surface area contributed by atoms with Crippen molar-refractivity contribution in [1.82, 2.24) is 14.9 Å². The summed E-state index contributed by atoms with van der Waals surface area (Å²) in [7, 11) is 0. The molecule has 2 saturated heterocycles. The number of benzene rings is 1. The molecule has 2 aliphatic heterocycles. The number of nitrogens with zero attached hydrogens (tertiary/aromatic N) is 5. The SMILES string of the molecule is CC(=O)Nc1ccc2nc(N3CCC(C(=O)N4CCN(c5ccccn5)CC4)CC3)cc(C)c2c1. The molecule has 2 aromatic heterocycles. The molecule has 0 radical (unpaired) electrons. The van der Waals surface area contributed by atoms with E-state index < -0.39 is 0 Å². The molecular weight excluding hydrogens is 440 g/mol. The van der Waals surface area contributed by atoms with E-state index >= 15 is 0 Å². The largest absolute Gasteiger partial charge is 0.357 e. The van der Waals surface area contributed by atoms with Crippen molar-refractivity contribution in [2.45, 2.75) is 26.7 Å². The van der Waals surface area contributed by atoms with Gasteiger partial charge in [0.25, 0.3) is 0 Å². The van der Waals surface area contributed by atoms with Gasteiger partial charge in [-0.25, -0.2) is 9.97 Å². The zero-order valence-electron chi connectivity index (χ0n) is 20.4. The van der Waals surface area contributed by atoms with Crippen LogP contribution >= 0.6 is 0 Å². The Balaban J connectivity index is 1.18. The van der Waals surface area contributed by atoms with Gasteiger partial charge in [0.2, 0.25) is 11.8 Å². The second-order valence-corrected chi connectivity index (χ2v) is 9.47. The number of rotatable bonds is 4. The van der Waals surface area contributed by atoms with Crippen molar-refractivity contribution in [3.63, 3.8) is 0 Å². The van der Waals surface area contributed by atoms with Crippen LogP contribution in [-0.4, -0.2) is 66.0 Å². The molecule has 0 unspecified atom stereocenters. The summed E-state index contributed by atoms with van der Waals surface area (Å²) in [5.41, 5.74) is 2.82. The molecule has 182 valence electrons. The fourth-order valence-corrected chi connectivity index (χ4v) is 5.13. The maximum Gasteiger partial charge on any atom is 0.225 e. The van der Waals surface area contributed by atoms with Gasteiger partial charge in [0.05, 0.1) is 5.52 Å². The molecule has 2 fully saturated rings. The minimum atomic E-state index is -0.0842. The second-order valence-electron chi connectivity index (χ2n) is 9.47. The number of hydrogen-bond donors (Lipinski definition) is 1. The summed E-state index contributed by atoms with van der Waals surface area (Å²) in [4.78, 5) is 40.5. The topological polar surface area (TPSA) is 81.7 Å². The smallest absolute Gasteiger partial charge is 0.225 e. The first-order valence-electron chi connectivity index (χ1n) is 12.4. The van der Waals surface area contributed by atoms with Crippen LogP contribution in [-0.2, 0) is 9.59 Å². The van der Waals surface area contributed by atoms with Gasteiger partial charge in [-0.1, -0.05) is 6.07 Å². The number of nitrogens with one attached hydrogen (secondary N) is 1. The van der Waals surface area contributed by atoms with E-state index in [4.69, 9.17) is 4.98 Å². The van der Waals surface area contributed by atoms with Crippen molar-refractivity contribution < 1.29 is 9.59 Å². The first-order chi connectivity index (χ1) is 17.0. The Bertz CT molecular complexity index is 1220. The van der Waals surface area contributed by atoms with Crippen LogP contribution < -0.4 is 15.1 Å². The highest BCUT2D eigenvalue weighted by Gasteiger charge is 2.31. The molecular formula is C27H32N6O2. The van der Waals surface area contributed by atoms with E-state index in [1.54, 1.807) is 0 Å². The second kappa shape index (κ2) is 9.90. The van der Waals surface area contributed by atoms with Crippen LogP contribution in [0.25, 0.3) is 10.9 Å². The third-order valence-electron chi connectivity index (χ3n) is 7.06. The highest BCUT2D eigenvalue weighted by atomic mass is 16.2. The van der Waals surface area contributed by atoms with Crippen LogP contribution in [0.1, 0.15) is 25.3 Å². The molecule has 35 heavy (non-hydrogen) atoms. The minimum absolute atomic E-state index is 0.0782. The first kappa shape index (κ1) is 23.1. The Labute approximate surface area is 205 Å². The molecule has 4 heterocycles. The number of carbonyl (C=O) groups excluding carboxylic acids is 2. The van der Waals surface area contributed by atoms with E-state index in [2.05, 4.69) is 33.1 Å². The number of anilines is 3. The zero-order chi connectivity index (χ0) is 24.4. The molecule has 5 rings (SSSR count). The fourth-order valence-electron chi connectivity index (χ4n) is 5.13. The number of pyridine rings is 2. The maximum atomic E-state index is 13.2. The summed E-state index contributed by atoms with van der Waals surface area (Å²) in [5, 5.41) is 3.87. The van der Waals surface area contributed by atoms with Crippen LogP contribution in [0.5, 0.6) is 0 Å². The number of aryl methyl sites for hydroxylation is 1. The molecule has 8 nitrogen and oxygen atoms in total. The average Bonchev–Trinajstić information content (AvgIpc) is 2.89. The van der Waals surface area contributed by atoms with Gasteiger partial charge in [-0.05, 0) is 61.7 Å². The molecule has 0 saturated carbocycles. The van der Waals surface area contributed by atoms with E-state index in [1.165, 1.54) is 6.92 Å². The number of fused-ring (bicyclic) bond motifs is 1. The third-order valence-corrected chi connectivity index (χ3v) is 7.06. The van der Waals surface area contributed by atoms with Gasteiger partial charge in [0, 0.05) is 69.4 Å². The number of piperidine rings is 1. The van der Waals surface area contributed by atoms with Crippen LogP contribution in [0.4, 0.5) is 17.3 Å². The fraction of sp³-hybridized carbons (Fsp3) is 0.407. The van der Waals surface area contributed by atoms with Gasteiger partial charge >= 0.3 is 0 Å². The van der Waals surface area contributed by atoms with E-state index in [9.17, 15) is 9.59 Å². The lowest BCUT2D eigenvalue weighted by Gasteiger charge is -2.39. The number of carbonyl (C=O) groups is 2. The number of piperazine rings is 1. The summed E-state index contributed by atoms with van der Waals surface area (Å²) in [5.74, 6) is 2.22. The van der Waals surface area contributed by atoms with Crippen LogP contribution in [0, 0.1) is 12.8 Å². The quantitative estimate of drug-likeness (QED) is 0.626. The van der Waals surface area contributed by atoms with E-state index in [0.717, 1.165) is 85.9 Å². The summed E-state index contributed by atoms with van der Waals surface area (Å²) in [6, 6.07) is 13.9. The van der Waals surface area contributed by atoms with Gasteiger partial charge in [-0.3, -0.25) is 9.59 Å². The monoisotopic (exact) mass is 472 g/mol. The summed E-state index contributed by atoms with van der Waals surface area (Å²) >= 11 is 0. The Kier molecular flexibility index (Phi) is 6.53. The van der Waals surface area contributed by atoms with Gasteiger partial charge in [0.1, 0.15) is 11.6 Å². The van der Waals surface area contributed by atoms with Crippen molar-refractivity contribution in [2.24, 2.45) is 5.92 Å². The van der Waals surface area contributed by atoms with Crippen molar-refractivity contribution in [3.8, 4) is 0 Å². The maximum absolute atomic E-state index is 13.2. The van der Waals surface area contributed by atoms with E-state index in [-0.39, 0.29) is 11.8 Å². The lowest BCUT2D eigenvalue weighted by atomic mass is 9.94. The Hall–Kier alpha value is -3.68. The molecule has 2 aliphatic rings. The highest BCUT2D eigenvalue weighted by Crippen LogP contribution is 2.29. The Morgan fingerprint density at radius 1 is 0.914 bits per heavy atom.